The number of aryl methyl sites for hydroxylation is 1. The molecular weight excluding hydrogens is 398 g/mol. The Morgan fingerprint density at radius 3 is 2.32 bits per heavy atom. The summed E-state index contributed by atoms with van der Waals surface area (Å²) in [7, 11) is 6.19. The van der Waals surface area contributed by atoms with Crippen LogP contribution in [0.5, 0.6) is 11.5 Å². The van der Waals surface area contributed by atoms with Gasteiger partial charge in [-0.15, -0.1) is 0 Å². The number of aliphatic hydroxyl groups is 1. The fraction of sp³-hybridized carbons (Fsp3) is 0.217. The van der Waals surface area contributed by atoms with E-state index in [1.807, 2.05) is 34.9 Å². The molecule has 160 valence electrons. The van der Waals surface area contributed by atoms with Gasteiger partial charge >= 0.3 is 5.69 Å². The molecule has 0 radical (unpaired) electrons. The van der Waals surface area contributed by atoms with Crippen molar-refractivity contribution in [3.05, 3.63) is 75.1 Å². The number of benzene rings is 2. The number of nitrogens with zero attached hydrogens (tertiary/aromatic N) is 3. The highest BCUT2D eigenvalue weighted by molar-refractivity contribution is 5.95. The van der Waals surface area contributed by atoms with Gasteiger partial charge in [-0.1, -0.05) is 18.2 Å². The number of aliphatic hydroxyl groups excluding tert-OH is 1. The van der Waals surface area contributed by atoms with Gasteiger partial charge < -0.3 is 19.1 Å². The molecule has 0 aliphatic heterocycles. The first kappa shape index (κ1) is 20.5. The largest absolute Gasteiger partial charge is 0.493 e. The summed E-state index contributed by atoms with van der Waals surface area (Å²) in [5.74, 6) is 1.07. The summed E-state index contributed by atoms with van der Waals surface area (Å²) in [6, 6.07) is 12.8. The molecule has 0 atom stereocenters. The van der Waals surface area contributed by atoms with E-state index in [0.29, 0.717) is 44.9 Å². The first-order chi connectivity index (χ1) is 14.9. The van der Waals surface area contributed by atoms with Crippen molar-refractivity contribution in [2.75, 3.05) is 14.2 Å². The molecule has 0 bridgehead atoms. The average molecular weight is 421 g/mol. The van der Waals surface area contributed by atoms with Gasteiger partial charge in [0, 0.05) is 31.4 Å². The predicted octanol–water partition coefficient (Wildman–Crippen LogP) is 2.20. The van der Waals surface area contributed by atoms with E-state index in [2.05, 4.69) is 0 Å². The molecule has 0 saturated heterocycles. The molecule has 31 heavy (non-hydrogen) atoms. The van der Waals surface area contributed by atoms with Crippen LogP contribution in [-0.2, 0) is 20.7 Å². The number of aromatic nitrogens is 3. The number of methoxy groups -OCH3 is 2. The number of fused-ring (bicyclic) bond motifs is 1. The minimum absolute atomic E-state index is 0.174. The van der Waals surface area contributed by atoms with E-state index in [9.17, 15) is 14.7 Å². The van der Waals surface area contributed by atoms with Crippen molar-refractivity contribution in [1.82, 2.24) is 13.7 Å². The first-order valence-corrected chi connectivity index (χ1v) is 9.65. The molecule has 0 aliphatic carbocycles. The van der Waals surface area contributed by atoms with E-state index in [0.717, 1.165) is 4.57 Å². The second kappa shape index (κ2) is 7.81. The number of rotatable bonds is 5. The molecule has 0 unspecified atom stereocenters. The van der Waals surface area contributed by atoms with Crippen LogP contribution in [0, 0.1) is 0 Å². The van der Waals surface area contributed by atoms with E-state index in [1.54, 1.807) is 39.6 Å². The minimum Gasteiger partial charge on any atom is -0.493 e. The van der Waals surface area contributed by atoms with Crippen molar-refractivity contribution >= 4 is 10.9 Å². The molecule has 0 spiro atoms. The Morgan fingerprint density at radius 1 is 0.935 bits per heavy atom. The third kappa shape index (κ3) is 3.12. The summed E-state index contributed by atoms with van der Waals surface area (Å²) in [5, 5.41) is 10.3. The maximum absolute atomic E-state index is 13.2. The van der Waals surface area contributed by atoms with Gasteiger partial charge in [0.05, 0.1) is 43.1 Å². The summed E-state index contributed by atoms with van der Waals surface area (Å²) < 4.78 is 15.2. The SMILES string of the molecule is COc1ccc(-c2c3c(=O)n(C)c(=O)n(C)c3cn2-c2ccccc2CO)cc1OC. The molecule has 4 rings (SSSR count). The van der Waals surface area contributed by atoms with Crippen molar-refractivity contribution in [3.63, 3.8) is 0 Å². The van der Waals surface area contributed by atoms with E-state index >= 15 is 0 Å². The lowest BCUT2D eigenvalue weighted by Crippen LogP contribution is -2.36. The first-order valence-electron chi connectivity index (χ1n) is 9.65. The van der Waals surface area contributed by atoms with Gasteiger partial charge in [-0.3, -0.25) is 13.9 Å². The third-order valence-electron chi connectivity index (χ3n) is 5.52. The van der Waals surface area contributed by atoms with Crippen molar-refractivity contribution in [2.24, 2.45) is 14.1 Å². The highest BCUT2D eigenvalue weighted by atomic mass is 16.5. The lowest BCUT2D eigenvalue weighted by Gasteiger charge is -2.15. The molecule has 0 aliphatic rings. The quantitative estimate of drug-likeness (QED) is 0.534. The van der Waals surface area contributed by atoms with Gasteiger partial charge in [0.15, 0.2) is 11.5 Å². The Labute approximate surface area is 178 Å². The van der Waals surface area contributed by atoms with Gasteiger partial charge in [0.2, 0.25) is 0 Å². The van der Waals surface area contributed by atoms with Crippen LogP contribution in [0.1, 0.15) is 5.56 Å². The second-order valence-corrected chi connectivity index (χ2v) is 7.17. The van der Waals surface area contributed by atoms with Crippen molar-refractivity contribution < 1.29 is 14.6 Å². The molecule has 0 amide bonds. The van der Waals surface area contributed by atoms with Crippen LogP contribution >= 0.6 is 0 Å². The standard InChI is InChI=1S/C23H23N3O5/c1-24-17-12-26(16-8-6-5-7-15(16)13-27)21(20(17)22(28)25(2)23(24)29)14-9-10-18(30-3)19(11-14)31-4/h5-12,27H,13H2,1-4H3. The average Bonchev–Trinajstić information content (AvgIpc) is 3.21. The van der Waals surface area contributed by atoms with Crippen molar-refractivity contribution in [1.29, 1.82) is 0 Å². The maximum Gasteiger partial charge on any atom is 0.330 e. The smallest absolute Gasteiger partial charge is 0.330 e. The summed E-state index contributed by atoms with van der Waals surface area (Å²) in [6.07, 6.45) is 1.75. The van der Waals surface area contributed by atoms with Crippen LogP contribution in [-0.4, -0.2) is 33.0 Å². The van der Waals surface area contributed by atoms with Gasteiger partial charge in [-0.25, -0.2) is 4.79 Å². The normalized spacial score (nSPS) is 11.1. The molecule has 8 nitrogen and oxygen atoms in total. The number of hydrogen-bond acceptors (Lipinski definition) is 5. The Hall–Kier alpha value is -3.78. The molecule has 0 saturated carbocycles. The van der Waals surface area contributed by atoms with Gasteiger partial charge in [0.1, 0.15) is 0 Å². The van der Waals surface area contributed by atoms with E-state index in [4.69, 9.17) is 9.47 Å². The summed E-state index contributed by atoms with van der Waals surface area (Å²) in [6.45, 7) is -0.174. The maximum atomic E-state index is 13.2. The fourth-order valence-corrected chi connectivity index (χ4v) is 3.88. The number of para-hydroxylation sites is 1. The van der Waals surface area contributed by atoms with Crippen LogP contribution in [0.25, 0.3) is 27.8 Å². The summed E-state index contributed by atoms with van der Waals surface area (Å²) >= 11 is 0. The molecule has 4 aromatic rings. The fourth-order valence-electron chi connectivity index (χ4n) is 3.88. The molecule has 2 heterocycles. The van der Waals surface area contributed by atoms with Crippen LogP contribution in [0.4, 0.5) is 0 Å². The zero-order chi connectivity index (χ0) is 22.3. The number of hydrogen-bond donors (Lipinski definition) is 1. The third-order valence-corrected chi connectivity index (χ3v) is 5.52. The Kier molecular flexibility index (Phi) is 5.16. The Bertz CT molecular complexity index is 1410. The Morgan fingerprint density at radius 2 is 1.65 bits per heavy atom. The zero-order valence-electron chi connectivity index (χ0n) is 17.7. The van der Waals surface area contributed by atoms with Gasteiger partial charge in [0.25, 0.3) is 5.56 Å². The van der Waals surface area contributed by atoms with E-state index in [-0.39, 0.29) is 6.61 Å². The summed E-state index contributed by atoms with van der Waals surface area (Å²) in [5.41, 5.74) is 2.37. The summed E-state index contributed by atoms with van der Waals surface area (Å²) in [4.78, 5) is 25.7. The van der Waals surface area contributed by atoms with Crippen molar-refractivity contribution in [2.45, 2.75) is 6.61 Å². The Balaban J connectivity index is 2.19. The molecule has 2 aromatic carbocycles. The molecule has 2 aromatic heterocycles. The highest BCUT2D eigenvalue weighted by Crippen LogP contribution is 2.37. The lowest BCUT2D eigenvalue weighted by atomic mass is 10.1. The van der Waals surface area contributed by atoms with Crippen LogP contribution in [0.2, 0.25) is 0 Å². The molecule has 0 fully saturated rings. The van der Waals surface area contributed by atoms with E-state index in [1.165, 1.54) is 11.6 Å². The highest BCUT2D eigenvalue weighted by Gasteiger charge is 2.22. The van der Waals surface area contributed by atoms with Crippen LogP contribution in [0.3, 0.4) is 0 Å². The second-order valence-electron chi connectivity index (χ2n) is 7.17. The lowest BCUT2D eigenvalue weighted by molar-refractivity contribution is 0.281. The van der Waals surface area contributed by atoms with Crippen molar-refractivity contribution in [3.8, 4) is 28.4 Å². The monoisotopic (exact) mass is 421 g/mol. The van der Waals surface area contributed by atoms with E-state index < -0.39 is 11.2 Å². The zero-order valence-corrected chi connectivity index (χ0v) is 17.7. The number of ether oxygens (including phenoxy) is 2. The molecule has 8 heteroatoms. The topological polar surface area (TPSA) is 87.6 Å². The predicted molar refractivity (Wildman–Crippen MR) is 118 cm³/mol. The van der Waals surface area contributed by atoms with Gasteiger partial charge in [-0.05, 0) is 24.3 Å². The minimum atomic E-state index is -0.413. The van der Waals surface area contributed by atoms with Crippen LogP contribution < -0.4 is 20.7 Å². The van der Waals surface area contributed by atoms with Crippen LogP contribution in [0.15, 0.2) is 58.3 Å². The molecule has 1 N–H and O–H groups in total. The molecular formula is C23H23N3O5. The van der Waals surface area contributed by atoms with Gasteiger partial charge in [-0.2, -0.15) is 0 Å².